The van der Waals surface area contributed by atoms with E-state index in [4.69, 9.17) is 41.2 Å². The number of nitrogens with two attached hydrogens (primary N) is 1. The number of hydrogen-bond acceptors (Lipinski definition) is 1. The molecule has 0 spiro atoms. The van der Waals surface area contributed by atoms with Crippen molar-refractivity contribution in [1.82, 2.24) is 0 Å². The van der Waals surface area contributed by atoms with Crippen molar-refractivity contribution < 1.29 is 0 Å². The van der Waals surface area contributed by atoms with Crippen LogP contribution in [0, 0.1) is 5.92 Å². The fraction of sp³-hybridized carbons (Fsp3) is 0.364. The summed E-state index contributed by atoms with van der Waals surface area (Å²) in [5.41, 5.74) is 6.54. The summed E-state index contributed by atoms with van der Waals surface area (Å²) >= 11 is 17.2. The van der Waals surface area contributed by atoms with Gasteiger partial charge in [0.15, 0.2) is 0 Å². The van der Waals surface area contributed by atoms with E-state index in [1.807, 2.05) is 32.0 Å². The standard InChI is InChI=1S/C11H13Cl2NS/c1-6(7(2)11(14)15)10-8(12)4-3-5-9(10)13/h3-7H,1-2H3,(H2,14,15). The van der Waals surface area contributed by atoms with Crippen molar-refractivity contribution in [2.75, 3.05) is 0 Å². The Morgan fingerprint density at radius 3 is 2.13 bits per heavy atom. The van der Waals surface area contributed by atoms with Gasteiger partial charge in [-0.3, -0.25) is 0 Å². The molecule has 0 saturated carbocycles. The van der Waals surface area contributed by atoms with Crippen LogP contribution in [-0.4, -0.2) is 4.99 Å². The van der Waals surface area contributed by atoms with E-state index in [-0.39, 0.29) is 11.8 Å². The average Bonchev–Trinajstić information content (AvgIpc) is 2.15. The molecule has 2 unspecified atom stereocenters. The van der Waals surface area contributed by atoms with Crippen molar-refractivity contribution >= 4 is 40.4 Å². The second-order valence-electron chi connectivity index (χ2n) is 3.62. The van der Waals surface area contributed by atoms with E-state index in [9.17, 15) is 0 Å². The lowest BCUT2D eigenvalue weighted by Gasteiger charge is -2.21. The van der Waals surface area contributed by atoms with Gasteiger partial charge < -0.3 is 5.73 Å². The van der Waals surface area contributed by atoms with Gasteiger partial charge in [-0.25, -0.2) is 0 Å². The van der Waals surface area contributed by atoms with Crippen LogP contribution in [0.1, 0.15) is 25.3 Å². The van der Waals surface area contributed by atoms with E-state index in [1.54, 1.807) is 0 Å². The van der Waals surface area contributed by atoms with Gasteiger partial charge in [-0.05, 0) is 23.6 Å². The molecule has 0 aliphatic heterocycles. The average molecular weight is 262 g/mol. The lowest BCUT2D eigenvalue weighted by atomic mass is 9.89. The molecule has 0 amide bonds. The fourth-order valence-electron chi connectivity index (χ4n) is 1.44. The third-order valence-electron chi connectivity index (χ3n) is 2.65. The van der Waals surface area contributed by atoms with Crippen LogP contribution >= 0.6 is 35.4 Å². The topological polar surface area (TPSA) is 26.0 Å². The Kier molecular flexibility index (Phi) is 4.38. The summed E-state index contributed by atoms with van der Waals surface area (Å²) in [6.45, 7) is 4.00. The highest BCUT2D eigenvalue weighted by Crippen LogP contribution is 2.35. The van der Waals surface area contributed by atoms with Gasteiger partial charge in [0.1, 0.15) is 0 Å². The number of benzene rings is 1. The predicted molar refractivity (Wildman–Crippen MR) is 70.8 cm³/mol. The van der Waals surface area contributed by atoms with Gasteiger partial charge in [0.25, 0.3) is 0 Å². The molecule has 0 saturated heterocycles. The zero-order chi connectivity index (χ0) is 11.6. The van der Waals surface area contributed by atoms with Crippen LogP contribution in [0.15, 0.2) is 18.2 Å². The largest absolute Gasteiger partial charge is 0.393 e. The van der Waals surface area contributed by atoms with Crippen LogP contribution in [-0.2, 0) is 0 Å². The first-order valence-electron chi connectivity index (χ1n) is 4.68. The molecule has 2 N–H and O–H groups in total. The van der Waals surface area contributed by atoms with Gasteiger partial charge in [0, 0.05) is 16.0 Å². The molecule has 0 aromatic heterocycles. The van der Waals surface area contributed by atoms with E-state index in [2.05, 4.69) is 0 Å². The molecule has 0 heterocycles. The normalized spacial score (nSPS) is 14.7. The Balaban J connectivity index is 3.10. The van der Waals surface area contributed by atoms with Gasteiger partial charge in [-0.15, -0.1) is 0 Å². The fourth-order valence-corrected chi connectivity index (χ4v) is 2.39. The molecule has 0 fully saturated rings. The minimum absolute atomic E-state index is 0.0809. The molecule has 0 radical (unpaired) electrons. The SMILES string of the molecule is CC(C(N)=S)C(C)c1c(Cl)cccc1Cl. The lowest BCUT2D eigenvalue weighted by molar-refractivity contribution is 0.627. The quantitative estimate of drug-likeness (QED) is 0.832. The van der Waals surface area contributed by atoms with Gasteiger partial charge in [-0.1, -0.05) is 55.3 Å². The molecule has 4 heteroatoms. The first-order valence-corrected chi connectivity index (χ1v) is 5.84. The molecule has 15 heavy (non-hydrogen) atoms. The van der Waals surface area contributed by atoms with E-state index < -0.39 is 0 Å². The molecule has 0 bridgehead atoms. The summed E-state index contributed by atoms with van der Waals surface area (Å²) in [6, 6.07) is 5.48. The molecular weight excluding hydrogens is 249 g/mol. The van der Waals surface area contributed by atoms with Crippen molar-refractivity contribution in [3.05, 3.63) is 33.8 Å². The monoisotopic (exact) mass is 261 g/mol. The zero-order valence-corrected chi connectivity index (χ0v) is 11.0. The summed E-state index contributed by atoms with van der Waals surface area (Å²) in [7, 11) is 0. The van der Waals surface area contributed by atoms with Crippen molar-refractivity contribution in [1.29, 1.82) is 0 Å². The lowest BCUT2D eigenvalue weighted by Crippen LogP contribution is -2.23. The van der Waals surface area contributed by atoms with E-state index in [0.29, 0.717) is 15.0 Å². The summed E-state index contributed by atoms with van der Waals surface area (Å²) < 4.78 is 0. The molecule has 82 valence electrons. The Bertz CT molecular complexity index is 359. The summed E-state index contributed by atoms with van der Waals surface area (Å²) in [5, 5.41) is 1.33. The Labute approximate surface area is 106 Å². The number of hydrogen-bond donors (Lipinski definition) is 1. The van der Waals surface area contributed by atoms with Crippen LogP contribution in [0.3, 0.4) is 0 Å². The number of thiocarbonyl (C=S) groups is 1. The van der Waals surface area contributed by atoms with Crippen molar-refractivity contribution in [3.63, 3.8) is 0 Å². The number of halogens is 2. The Hall–Kier alpha value is -0.310. The first-order chi connectivity index (χ1) is 6.95. The Morgan fingerprint density at radius 1 is 1.27 bits per heavy atom. The van der Waals surface area contributed by atoms with Crippen LogP contribution in [0.5, 0.6) is 0 Å². The first kappa shape index (κ1) is 12.8. The maximum absolute atomic E-state index is 6.10. The Morgan fingerprint density at radius 2 is 1.73 bits per heavy atom. The minimum Gasteiger partial charge on any atom is -0.393 e. The second-order valence-corrected chi connectivity index (χ2v) is 4.90. The summed E-state index contributed by atoms with van der Waals surface area (Å²) in [5.74, 6) is 0.209. The molecule has 0 aliphatic carbocycles. The van der Waals surface area contributed by atoms with Gasteiger partial charge in [-0.2, -0.15) is 0 Å². The molecule has 1 aromatic rings. The van der Waals surface area contributed by atoms with Crippen molar-refractivity contribution in [2.45, 2.75) is 19.8 Å². The predicted octanol–water partition coefficient (Wildman–Crippen LogP) is 4.02. The van der Waals surface area contributed by atoms with Crippen LogP contribution in [0.25, 0.3) is 0 Å². The molecular formula is C11H13Cl2NS. The van der Waals surface area contributed by atoms with Gasteiger partial charge in [0.05, 0.1) is 4.99 Å². The third kappa shape index (κ3) is 2.83. The van der Waals surface area contributed by atoms with Crippen LogP contribution < -0.4 is 5.73 Å². The highest BCUT2D eigenvalue weighted by atomic mass is 35.5. The maximum atomic E-state index is 6.10. The smallest absolute Gasteiger partial charge is 0.0762 e. The third-order valence-corrected chi connectivity index (χ3v) is 3.68. The van der Waals surface area contributed by atoms with Crippen molar-refractivity contribution in [2.24, 2.45) is 11.7 Å². The summed E-state index contributed by atoms with van der Waals surface area (Å²) in [4.78, 5) is 0.485. The van der Waals surface area contributed by atoms with Crippen molar-refractivity contribution in [3.8, 4) is 0 Å². The highest BCUT2D eigenvalue weighted by molar-refractivity contribution is 7.80. The molecule has 2 atom stereocenters. The molecule has 1 aromatic carbocycles. The van der Waals surface area contributed by atoms with Gasteiger partial charge in [0.2, 0.25) is 0 Å². The van der Waals surface area contributed by atoms with E-state index in [0.717, 1.165) is 5.56 Å². The highest BCUT2D eigenvalue weighted by Gasteiger charge is 2.21. The molecule has 1 nitrogen and oxygen atoms in total. The summed E-state index contributed by atoms with van der Waals surface area (Å²) in [6.07, 6.45) is 0. The molecule has 1 rings (SSSR count). The maximum Gasteiger partial charge on any atom is 0.0762 e. The van der Waals surface area contributed by atoms with Crippen LogP contribution in [0.4, 0.5) is 0 Å². The van der Waals surface area contributed by atoms with E-state index in [1.165, 1.54) is 0 Å². The molecule has 0 aliphatic rings. The zero-order valence-electron chi connectivity index (χ0n) is 8.63. The number of rotatable bonds is 3. The van der Waals surface area contributed by atoms with Gasteiger partial charge >= 0.3 is 0 Å². The minimum atomic E-state index is 0.0809. The van der Waals surface area contributed by atoms with E-state index >= 15 is 0 Å². The second kappa shape index (κ2) is 5.15. The van der Waals surface area contributed by atoms with Crippen LogP contribution in [0.2, 0.25) is 10.0 Å².